The lowest BCUT2D eigenvalue weighted by Gasteiger charge is -2.17. The second-order valence-corrected chi connectivity index (χ2v) is 6.89. The SMILES string of the molecule is COc1ccccc1CCNC(=O)NCC1(c2ccc(Cl)cc2)CC1. The first kappa shape index (κ1) is 17.6. The molecule has 0 radical (unpaired) electrons. The number of rotatable bonds is 7. The summed E-state index contributed by atoms with van der Waals surface area (Å²) in [4.78, 5) is 12.1. The molecule has 132 valence electrons. The van der Waals surface area contributed by atoms with E-state index in [1.165, 1.54) is 5.56 Å². The molecule has 0 bridgehead atoms. The van der Waals surface area contributed by atoms with Gasteiger partial charge in [0.15, 0.2) is 0 Å². The largest absolute Gasteiger partial charge is 0.496 e. The number of amides is 2. The van der Waals surface area contributed by atoms with Gasteiger partial charge in [0.2, 0.25) is 0 Å². The van der Waals surface area contributed by atoms with Crippen molar-refractivity contribution in [3.8, 4) is 5.75 Å². The van der Waals surface area contributed by atoms with Crippen LogP contribution in [0.5, 0.6) is 5.75 Å². The predicted molar refractivity (Wildman–Crippen MR) is 100 cm³/mol. The van der Waals surface area contributed by atoms with Crippen molar-refractivity contribution in [3.05, 3.63) is 64.7 Å². The number of methoxy groups -OCH3 is 1. The summed E-state index contributed by atoms with van der Waals surface area (Å²) in [5.74, 6) is 0.851. The van der Waals surface area contributed by atoms with Crippen LogP contribution in [0, 0.1) is 0 Å². The van der Waals surface area contributed by atoms with E-state index in [2.05, 4.69) is 22.8 Å². The highest BCUT2D eigenvalue weighted by Crippen LogP contribution is 2.47. The second-order valence-electron chi connectivity index (χ2n) is 6.46. The molecule has 2 amide bonds. The van der Waals surface area contributed by atoms with Gasteiger partial charge < -0.3 is 15.4 Å². The van der Waals surface area contributed by atoms with Gasteiger partial charge in [-0.1, -0.05) is 41.9 Å². The molecule has 5 heteroatoms. The first-order chi connectivity index (χ1) is 12.1. The van der Waals surface area contributed by atoms with Gasteiger partial charge in [0, 0.05) is 23.5 Å². The normalized spacial score (nSPS) is 14.6. The van der Waals surface area contributed by atoms with Gasteiger partial charge >= 0.3 is 6.03 Å². The standard InChI is InChI=1S/C20H23ClN2O2/c1-25-18-5-3-2-4-15(18)10-13-22-19(24)23-14-20(11-12-20)16-6-8-17(21)9-7-16/h2-9H,10-14H2,1H3,(H2,22,23,24). The van der Waals surface area contributed by atoms with Gasteiger partial charge in [0.25, 0.3) is 0 Å². The van der Waals surface area contributed by atoms with Gasteiger partial charge in [-0.2, -0.15) is 0 Å². The zero-order valence-electron chi connectivity index (χ0n) is 14.3. The smallest absolute Gasteiger partial charge is 0.314 e. The lowest BCUT2D eigenvalue weighted by molar-refractivity contribution is 0.240. The van der Waals surface area contributed by atoms with E-state index in [0.717, 1.165) is 35.6 Å². The van der Waals surface area contributed by atoms with Gasteiger partial charge in [0.05, 0.1) is 7.11 Å². The van der Waals surface area contributed by atoms with Crippen LogP contribution in [-0.4, -0.2) is 26.2 Å². The highest BCUT2D eigenvalue weighted by atomic mass is 35.5. The lowest BCUT2D eigenvalue weighted by Crippen LogP contribution is -2.40. The predicted octanol–water partition coefficient (Wildman–Crippen LogP) is 3.92. The average Bonchev–Trinajstić information content (AvgIpc) is 3.42. The van der Waals surface area contributed by atoms with Gasteiger partial charge in [-0.3, -0.25) is 0 Å². The first-order valence-electron chi connectivity index (χ1n) is 8.53. The topological polar surface area (TPSA) is 50.4 Å². The average molecular weight is 359 g/mol. The Kier molecular flexibility index (Phi) is 5.49. The number of carbonyl (C=O) groups excluding carboxylic acids is 1. The summed E-state index contributed by atoms with van der Waals surface area (Å²) in [6.07, 6.45) is 2.92. The summed E-state index contributed by atoms with van der Waals surface area (Å²) < 4.78 is 5.32. The van der Waals surface area contributed by atoms with Crippen LogP contribution < -0.4 is 15.4 Å². The molecule has 25 heavy (non-hydrogen) atoms. The Balaban J connectivity index is 1.45. The minimum atomic E-state index is -0.130. The van der Waals surface area contributed by atoms with E-state index >= 15 is 0 Å². The Bertz CT molecular complexity index is 727. The molecule has 1 aliphatic rings. The molecule has 0 unspecified atom stereocenters. The van der Waals surface area contributed by atoms with Gasteiger partial charge in [0.1, 0.15) is 5.75 Å². The van der Waals surface area contributed by atoms with E-state index in [-0.39, 0.29) is 11.4 Å². The minimum Gasteiger partial charge on any atom is -0.496 e. The summed E-state index contributed by atoms with van der Waals surface area (Å²) in [6.45, 7) is 1.22. The van der Waals surface area contributed by atoms with E-state index in [1.54, 1.807) is 7.11 Å². The fourth-order valence-electron chi connectivity index (χ4n) is 3.05. The Morgan fingerprint density at radius 2 is 1.84 bits per heavy atom. The van der Waals surface area contributed by atoms with Crippen LogP contribution in [0.25, 0.3) is 0 Å². The molecule has 3 rings (SSSR count). The number of hydrogen-bond donors (Lipinski definition) is 2. The number of halogens is 1. The molecular weight excluding hydrogens is 336 g/mol. The maximum Gasteiger partial charge on any atom is 0.314 e. The molecule has 2 N–H and O–H groups in total. The number of hydrogen-bond acceptors (Lipinski definition) is 2. The molecule has 1 aliphatic carbocycles. The zero-order chi connectivity index (χ0) is 17.7. The monoisotopic (exact) mass is 358 g/mol. The molecule has 2 aromatic rings. The maximum atomic E-state index is 12.1. The number of benzene rings is 2. The van der Waals surface area contributed by atoms with Crippen molar-refractivity contribution in [1.82, 2.24) is 10.6 Å². The molecule has 4 nitrogen and oxygen atoms in total. The number of carbonyl (C=O) groups is 1. The summed E-state index contributed by atoms with van der Waals surface area (Å²) >= 11 is 5.95. The first-order valence-corrected chi connectivity index (χ1v) is 8.90. The molecule has 0 atom stereocenters. The maximum absolute atomic E-state index is 12.1. The zero-order valence-corrected chi connectivity index (χ0v) is 15.1. The molecule has 0 spiro atoms. The third-order valence-electron chi connectivity index (χ3n) is 4.77. The highest BCUT2D eigenvalue weighted by molar-refractivity contribution is 6.30. The van der Waals surface area contributed by atoms with Crippen LogP contribution in [0.15, 0.2) is 48.5 Å². The van der Waals surface area contributed by atoms with Crippen molar-refractivity contribution in [2.75, 3.05) is 20.2 Å². The Hall–Kier alpha value is -2.20. The summed E-state index contributed by atoms with van der Waals surface area (Å²) in [5.41, 5.74) is 2.40. The van der Waals surface area contributed by atoms with Gasteiger partial charge in [-0.15, -0.1) is 0 Å². The molecule has 0 heterocycles. The van der Waals surface area contributed by atoms with Gasteiger partial charge in [-0.25, -0.2) is 4.79 Å². The van der Waals surface area contributed by atoms with Crippen molar-refractivity contribution in [1.29, 1.82) is 0 Å². The van der Waals surface area contributed by atoms with Crippen LogP contribution >= 0.6 is 11.6 Å². The van der Waals surface area contributed by atoms with Crippen LogP contribution in [0.4, 0.5) is 4.79 Å². The summed E-state index contributed by atoms with van der Waals surface area (Å²) in [5, 5.41) is 6.65. The third-order valence-corrected chi connectivity index (χ3v) is 5.02. The van der Waals surface area contributed by atoms with E-state index < -0.39 is 0 Å². The van der Waals surface area contributed by atoms with Crippen LogP contribution in [-0.2, 0) is 11.8 Å². The second kappa shape index (κ2) is 7.79. The van der Waals surface area contributed by atoms with Crippen molar-refractivity contribution >= 4 is 17.6 Å². The Morgan fingerprint density at radius 3 is 2.52 bits per heavy atom. The van der Waals surface area contributed by atoms with Crippen LogP contribution in [0.2, 0.25) is 5.02 Å². The number of para-hydroxylation sites is 1. The van der Waals surface area contributed by atoms with E-state index in [4.69, 9.17) is 16.3 Å². The van der Waals surface area contributed by atoms with Crippen molar-refractivity contribution in [2.45, 2.75) is 24.7 Å². The lowest BCUT2D eigenvalue weighted by atomic mass is 9.96. The van der Waals surface area contributed by atoms with E-state index in [9.17, 15) is 4.79 Å². The molecular formula is C20H23ClN2O2. The minimum absolute atomic E-state index is 0.0740. The number of ether oxygens (including phenoxy) is 1. The number of urea groups is 1. The van der Waals surface area contributed by atoms with Crippen molar-refractivity contribution in [2.24, 2.45) is 0 Å². The molecule has 1 saturated carbocycles. The Labute approximate surface area is 153 Å². The highest BCUT2D eigenvalue weighted by Gasteiger charge is 2.44. The number of nitrogens with one attached hydrogen (secondary N) is 2. The van der Waals surface area contributed by atoms with Crippen LogP contribution in [0.3, 0.4) is 0 Å². The van der Waals surface area contributed by atoms with Crippen LogP contribution in [0.1, 0.15) is 24.0 Å². The fraction of sp³-hybridized carbons (Fsp3) is 0.350. The van der Waals surface area contributed by atoms with Crippen molar-refractivity contribution in [3.63, 3.8) is 0 Å². The third kappa shape index (κ3) is 4.45. The quantitative estimate of drug-likeness (QED) is 0.788. The van der Waals surface area contributed by atoms with E-state index in [1.807, 2.05) is 36.4 Å². The molecule has 0 aliphatic heterocycles. The molecule has 2 aromatic carbocycles. The summed E-state index contributed by atoms with van der Waals surface area (Å²) in [6, 6.07) is 15.6. The molecule has 0 saturated heterocycles. The van der Waals surface area contributed by atoms with E-state index in [0.29, 0.717) is 13.1 Å². The fourth-order valence-corrected chi connectivity index (χ4v) is 3.18. The van der Waals surface area contributed by atoms with Gasteiger partial charge in [-0.05, 0) is 48.6 Å². The summed E-state index contributed by atoms with van der Waals surface area (Å²) in [7, 11) is 1.66. The Morgan fingerprint density at radius 1 is 1.12 bits per heavy atom. The molecule has 1 fully saturated rings. The molecule has 0 aromatic heterocycles. The van der Waals surface area contributed by atoms with Crippen molar-refractivity contribution < 1.29 is 9.53 Å².